The lowest BCUT2D eigenvalue weighted by Gasteiger charge is -2.13. The van der Waals surface area contributed by atoms with Gasteiger partial charge < -0.3 is 4.57 Å². The molecule has 2 aromatic heterocycles. The van der Waals surface area contributed by atoms with Gasteiger partial charge in [0.2, 0.25) is 5.43 Å². The van der Waals surface area contributed by atoms with Gasteiger partial charge in [0.25, 0.3) is 0 Å². The third kappa shape index (κ3) is 3.99. The molecular formula is C26H20N2OS2. The van der Waals surface area contributed by atoms with Gasteiger partial charge in [0.15, 0.2) is 0 Å². The molecule has 0 fully saturated rings. The summed E-state index contributed by atoms with van der Waals surface area (Å²) in [5.41, 5.74) is 3.21. The highest BCUT2D eigenvalue weighted by Crippen LogP contribution is 2.40. The molecule has 5 aromatic rings. The Hall–Kier alpha value is -3.02. The fourth-order valence-corrected chi connectivity index (χ4v) is 5.89. The lowest BCUT2D eigenvalue weighted by Crippen LogP contribution is -2.09. The maximum absolute atomic E-state index is 13.3. The number of nitrogens with zero attached hydrogens (tertiary/aromatic N) is 2. The van der Waals surface area contributed by atoms with Crippen molar-refractivity contribution in [3.05, 3.63) is 107 Å². The minimum atomic E-state index is 0.0682. The van der Waals surface area contributed by atoms with Crippen molar-refractivity contribution < 1.29 is 0 Å². The van der Waals surface area contributed by atoms with Gasteiger partial charge in [-0.15, -0.1) is 11.8 Å². The van der Waals surface area contributed by atoms with Crippen LogP contribution < -0.4 is 5.43 Å². The molecule has 31 heavy (non-hydrogen) atoms. The van der Waals surface area contributed by atoms with E-state index < -0.39 is 0 Å². The van der Waals surface area contributed by atoms with Crippen molar-refractivity contribution in [1.82, 2.24) is 9.55 Å². The van der Waals surface area contributed by atoms with E-state index in [1.807, 2.05) is 72.5 Å². The largest absolute Gasteiger partial charge is 0.349 e. The fraction of sp³-hybridized carbons (Fsp3) is 0.0769. The Morgan fingerprint density at radius 2 is 1.55 bits per heavy atom. The molecule has 152 valence electrons. The van der Waals surface area contributed by atoms with Crippen LogP contribution in [0.2, 0.25) is 0 Å². The molecule has 0 saturated carbocycles. The van der Waals surface area contributed by atoms with E-state index in [0.29, 0.717) is 0 Å². The second-order valence-electron chi connectivity index (χ2n) is 7.30. The molecule has 0 N–H and O–H groups in total. The van der Waals surface area contributed by atoms with Crippen molar-refractivity contribution in [1.29, 1.82) is 0 Å². The van der Waals surface area contributed by atoms with Gasteiger partial charge in [0.05, 0.1) is 15.9 Å². The van der Waals surface area contributed by atoms with E-state index in [1.54, 1.807) is 23.5 Å². The standard InChI is InChI=1S/C26H20N2OS2/c1-28-16-24(25(29)20-12-6-8-14-22(20)28)31-26-19-11-5-7-13-21(19)27-15-23(26)30-17-18-9-3-2-4-10-18/h2-16H,17H2,1H3. The number of rotatable bonds is 5. The summed E-state index contributed by atoms with van der Waals surface area (Å²) in [7, 11) is 1.99. The molecule has 0 bridgehead atoms. The van der Waals surface area contributed by atoms with E-state index >= 15 is 0 Å². The zero-order valence-electron chi connectivity index (χ0n) is 17.0. The Kier molecular flexibility index (Phi) is 5.53. The normalized spacial score (nSPS) is 11.3. The summed E-state index contributed by atoms with van der Waals surface area (Å²) in [6, 6.07) is 26.3. The van der Waals surface area contributed by atoms with Crippen LogP contribution in [0, 0.1) is 0 Å². The van der Waals surface area contributed by atoms with Gasteiger partial charge in [-0.2, -0.15) is 0 Å². The van der Waals surface area contributed by atoms with Crippen LogP contribution in [0.15, 0.2) is 111 Å². The van der Waals surface area contributed by atoms with Gasteiger partial charge in [0.1, 0.15) is 0 Å². The zero-order valence-corrected chi connectivity index (χ0v) is 18.6. The number of fused-ring (bicyclic) bond motifs is 2. The van der Waals surface area contributed by atoms with E-state index in [2.05, 4.69) is 35.3 Å². The SMILES string of the molecule is Cn1cc(Sc2c(SCc3ccccc3)cnc3ccccc23)c(=O)c2ccccc21. The minimum absolute atomic E-state index is 0.0682. The summed E-state index contributed by atoms with van der Waals surface area (Å²) in [5, 5.41) is 1.81. The van der Waals surface area contributed by atoms with Gasteiger partial charge in [-0.25, -0.2) is 0 Å². The third-order valence-corrected chi connectivity index (χ3v) is 7.59. The summed E-state index contributed by atoms with van der Waals surface area (Å²) >= 11 is 3.30. The Morgan fingerprint density at radius 1 is 0.839 bits per heavy atom. The van der Waals surface area contributed by atoms with Crippen molar-refractivity contribution >= 4 is 45.3 Å². The molecule has 0 aliphatic heterocycles. The summed E-state index contributed by atoms with van der Waals surface area (Å²) in [6.07, 6.45) is 3.87. The fourth-order valence-electron chi connectivity index (χ4n) is 3.63. The maximum Gasteiger partial charge on any atom is 0.203 e. The number of thioether (sulfide) groups is 1. The highest BCUT2D eigenvalue weighted by atomic mass is 32.2. The number of para-hydroxylation sites is 2. The highest BCUT2D eigenvalue weighted by Gasteiger charge is 2.15. The van der Waals surface area contributed by atoms with Crippen molar-refractivity contribution in [3.63, 3.8) is 0 Å². The average molecular weight is 441 g/mol. The predicted molar refractivity (Wildman–Crippen MR) is 131 cm³/mol. The first-order chi connectivity index (χ1) is 15.2. The molecule has 5 rings (SSSR count). The van der Waals surface area contributed by atoms with E-state index in [1.165, 1.54) is 5.56 Å². The molecule has 3 nitrogen and oxygen atoms in total. The quantitative estimate of drug-likeness (QED) is 0.291. The van der Waals surface area contributed by atoms with E-state index in [0.717, 1.165) is 42.2 Å². The monoisotopic (exact) mass is 440 g/mol. The smallest absolute Gasteiger partial charge is 0.203 e. The first-order valence-corrected chi connectivity index (χ1v) is 11.8. The van der Waals surface area contributed by atoms with Crippen molar-refractivity contribution in [3.8, 4) is 0 Å². The van der Waals surface area contributed by atoms with Crippen molar-refractivity contribution in [2.45, 2.75) is 20.4 Å². The van der Waals surface area contributed by atoms with Crippen LogP contribution in [0.4, 0.5) is 0 Å². The number of hydrogen-bond donors (Lipinski definition) is 0. The van der Waals surface area contributed by atoms with Gasteiger partial charge in [-0.1, -0.05) is 72.4 Å². The Labute approximate surface area is 189 Å². The topological polar surface area (TPSA) is 34.9 Å². The molecular weight excluding hydrogens is 420 g/mol. The molecule has 0 aliphatic rings. The summed E-state index contributed by atoms with van der Waals surface area (Å²) in [5.74, 6) is 0.851. The van der Waals surface area contributed by atoms with Crippen molar-refractivity contribution in [2.24, 2.45) is 7.05 Å². The number of hydrogen-bond acceptors (Lipinski definition) is 4. The molecule has 5 heteroatoms. The molecule has 0 spiro atoms. The Morgan fingerprint density at radius 3 is 2.39 bits per heavy atom. The first-order valence-electron chi connectivity index (χ1n) is 10.0. The Balaban J connectivity index is 1.61. The van der Waals surface area contributed by atoms with Gasteiger partial charge >= 0.3 is 0 Å². The highest BCUT2D eigenvalue weighted by molar-refractivity contribution is 8.02. The lowest BCUT2D eigenvalue weighted by atomic mass is 10.2. The van der Waals surface area contributed by atoms with Gasteiger partial charge in [0, 0.05) is 45.8 Å². The third-order valence-electron chi connectivity index (χ3n) is 5.21. The molecule has 0 unspecified atom stereocenters. The minimum Gasteiger partial charge on any atom is -0.349 e. The van der Waals surface area contributed by atoms with E-state index in [4.69, 9.17) is 0 Å². The first kappa shape index (κ1) is 19.9. The molecule has 0 atom stereocenters. The van der Waals surface area contributed by atoms with Gasteiger partial charge in [-0.05, 0) is 23.8 Å². The lowest BCUT2D eigenvalue weighted by molar-refractivity contribution is 0.923. The second kappa shape index (κ2) is 8.61. The number of aromatic nitrogens is 2. The molecule has 0 radical (unpaired) electrons. The molecule has 3 aromatic carbocycles. The van der Waals surface area contributed by atoms with Crippen LogP contribution in [0.3, 0.4) is 0 Å². The van der Waals surface area contributed by atoms with E-state index in [-0.39, 0.29) is 5.43 Å². The Bertz CT molecular complexity index is 1450. The van der Waals surface area contributed by atoms with Crippen LogP contribution in [-0.4, -0.2) is 9.55 Å². The second-order valence-corrected chi connectivity index (χ2v) is 9.36. The number of aryl methyl sites for hydroxylation is 1. The summed E-state index contributed by atoms with van der Waals surface area (Å²) in [4.78, 5) is 20.8. The maximum atomic E-state index is 13.3. The number of pyridine rings is 2. The molecule has 0 amide bonds. The number of benzene rings is 3. The van der Waals surface area contributed by atoms with Crippen molar-refractivity contribution in [2.75, 3.05) is 0 Å². The molecule has 0 saturated heterocycles. The predicted octanol–water partition coefficient (Wildman–Crippen LogP) is 6.53. The molecule has 0 aliphatic carbocycles. The zero-order chi connectivity index (χ0) is 21.2. The average Bonchev–Trinajstić information content (AvgIpc) is 2.82. The van der Waals surface area contributed by atoms with Crippen LogP contribution >= 0.6 is 23.5 Å². The van der Waals surface area contributed by atoms with Crippen LogP contribution in [0.5, 0.6) is 0 Å². The summed E-state index contributed by atoms with van der Waals surface area (Å²) < 4.78 is 2.03. The van der Waals surface area contributed by atoms with Gasteiger partial charge in [-0.3, -0.25) is 9.78 Å². The van der Waals surface area contributed by atoms with Crippen LogP contribution in [0.1, 0.15) is 5.56 Å². The molecule has 2 heterocycles. The van der Waals surface area contributed by atoms with E-state index in [9.17, 15) is 4.79 Å². The van der Waals surface area contributed by atoms with Crippen LogP contribution in [0.25, 0.3) is 21.8 Å². The van der Waals surface area contributed by atoms with Crippen LogP contribution in [-0.2, 0) is 12.8 Å². The summed E-state index contributed by atoms with van der Waals surface area (Å²) in [6.45, 7) is 0.